The Morgan fingerprint density at radius 2 is 1.73 bits per heavy atom. The second-order valence-corrected chi connectivity index (χ2v) is 9.22. The zero-order valence-corrected chi connectivity index (χ0v) is 15.8. The fourth-order valence-electron chi connectivity index (χ4n) is 2.41. The lowest BCUT2D eigenvalue weighted by Gasteiger charge is -2.20. The lowest BCUT2D eigenvalue weighted by atomic mass is 10.1. The minimum atomic E-state index is -3.77. The van der Waals surface area contributed by atoms with Crippen molar-refractivity contribution in [3.8, 4) is 17.3 Å². The van der Waals surface area contributed by atoms with E-state index < -0.39 is 20.1 Å². The van der Waals surface area contributed by atoms with Crippen molar-refractivity contribution in [2.45, 2.75) is 0 Å². The first-order valence-electron chi connectivity index (χ1n) is 7.34. The summed E-state index contributed by atoms with van der Waals surface area (Å²) in [6.45, 7) is 0. The third-order valence-electron chi connectivity index (χ3n) is 3.62. The standard InChI is InChI=1S/C15H16N4O5S2/c1-18(25(2,20)21)13-7-5-4-6-12(13)14-9-8-11-10-16-15(17-19(11)14)24-26(3,22)23/h4-10H,1-3H3. The minimum absolute atomic E-state index is 0.327. The second-order valence-electron chi connectivity index (χ2n) is 5.63. The highest BCUT2D eigenvalue weighted by molar-refractivity contribution is 7.92. The van der Waals surface area contributed by atoms with Gasteiger partial charge in [-0.2, -0.15) is 13.4 Å². The van der Waals surface area contributed by atoms with Crippen LogP contribution in [0.5, 0.6) is 6.01 Å². The molecule has 0 bridgehead atoms. The quantitative estimate of drug-likeness (QED) is 0.594. The van der Waals surface area contributed by atoms with Gasteiger partial charge in [-0.05, 0) is 18.2 Å². The fraction of sp³-hybridized carbons (Fsp3) is 0.200. The molecule has 0 fully saturated rings. The Morgan fingerprint density at radius 3 is 2.38 bits per heavy atom. The Morgan fingerprint density at radius 1 is 1.04 bits per heavy atom. The molecule has 0 spiro atoms. The normalized spacial score (nSPS) is 12.3. The van der Waals surface area contributed by atoms with Crippen LogP contribution < -0.4 is 8.49 Å². The maximum absolute atomic E-state index is 11.9. The molecule has 11 heteroatoms. The molecule has 0 amide bonds. The van der Waals surface area contributed by atoms with Gasteiger partial charge in [0.15, 0.2) is 0 Å². The highest BCUT2D eigenvalue weighted by atomic mass is 32.2. The molecule has 0 saturated carbocycles. The summed E-state index contributed by atoms with van der Waals surface area (Å²) in [6, 6.07) is 10.1. The summed E-state index contributed by atoms with van der Waals surface area (Å²) in [7, 11) is -5.79. The van der Waals surface area contributed by atoms with E-state index in [1.807, 2.05) is 0 Å². The maximum atomic E-state index is 11.9. The summed E-state index contributed by atoms with van der Waals surface area (Å²) in [4.78, 5) is 3.86. The molecule has 2 aromatic heterocycles. The van der Waals surface area contributed by atoms with E-state index in [0.29, 0.717) is 22.5 Å². The molecule has 26 heavy (non-hydrogen) atoms. The third-order valence-corrected chi connectivity index (χ3v) is 5.26. The molecule has 0 radical (unpaired) electrons. The molecule has 0 N–H and O–H groups in total. The minimum Gasteiger partial charge on any atom is -0.342 e. The molecule has 1 aromatic carbocycles. The Bertz CT molecular complexity index is 1190. The van der Waals surface area contributed by atoms with Gasteiger partial charge >= 0.3 is 16.1 Å². The number of benzene rings is 1. The van der Waals surface area contributed by atoms with Gasteiger partial charge in [-0.1, -0.05) is 18.2 Å². The van der Waals surface area contributed by atoms with Gasteiger partial charge in [-0.3, -0.25) is 4.31 Å². The van der Waals surface area contributed by atoms with Crippen molar-refractivity contribution in [3.63, 3.8) is 0 Å². The van der Waals surface area contributed by atoms with Gasteiger partial charge in [-0.15, -0.1) is 5.10 Å². The molecule has 0 aliphatic carbocycles. The number of rotatable bonds is 5. The monoisotopic (exact) mass is 396 g/mol. The Kier molecular flexibility index (Phi) is 4.36. The number of hydrogen-bond donors (Lipinski definition) is 0. The molecule has 138 valence electrons. The molecule has 0 aliphatic heterocycles. The molecule has 9 nitrogen and oxygen atoms in total. The number of anilines is 1. The van der Waals surface area contributed by atoms with Crippen molar-refractivity contribution in [2.24, 2.45) is 0 Å². The Hall–Kier alpha value is -2.66. The van der Waals surface area contributed by atoms with Crippen LogP contribution in [0.15, 0.2) is 42.6 Å². The number of aromatic nitrogens is 3. The number of fused-ring (bicyclic) bond motifs is 1. The fourth-order valence-corrected chi connectivity index (χ4v) is 3.27. The molecular weight excluding hydrogens is 380 g/mol. The van der Waals surface area contributed by atoms with Crippen LogP contribution in [0.2, 0.25) is 0 Å². The van der Waals surface area contributed by atoms with Crippen LogP contribution in [0.4, 0.5) is 5.69 Å². The first-order valence-corrected chi connectivity index (χ1v) is 11.0. The zero-order valence-electron chi connectivity index (χ0n) is 14.2. The molecule has 3 aromatic rings. The molecule has 0 atom stereocenters. The van der Waals surface area contributed by atoms with Gasteiger partial charge in [0, 0.05) is 12.6 Å². The van der Waals surface area contributed by atoms with E-state index in [9.17, 15) is 16.8 Å². The Labute approximate surface area is 151 Å². The first kappa shape index (κ1) is 18.1. The highest BCUT2D eigenvalue weighted by Crippen LogP contribution is 2.32. The van der Waals surface area contributed by atoms with Crippen LogP contribution in [0.1, 0.15) is 0 Å². The van der Waals surface area contributed by atoms with Crippen LogP contribution in [0.3, 0.4) is 0 Å². The lowest BCUT2D eigenvalue weighted by Crippen LogP contribution is -2.25. The van der Waals surface area contributed by atoms with Gasteiger partial charge in [0.2, 0.25) is 10.0 Å². The largest absolute Gasteiger partial charge is 0.350 e. The van der Waals surface area contributed by atoms with Crippen LogP contribution in [0.25, 0.3) is 16.8 Å². The van der Waals surface area contributed by atoms with Crippen LogP contribution in [0, 0.1) is 0 Å². The van der Waals surface area contributed by atoms with E-state index in [0.717, 1.165) is 16.8 Å². The second kappa shape index (κ2) is 6.25. The summed E-state index contributed by atoms with van der Waals surface area (Å²) in [5, 5.41) is 4.10. The van der Waals surface area contributed by atoms with Crippen LogP contribution >= 0.6 is 0 Å². The van der Waals surface area contributed by atoms with Crippen LogP contribution in [-0.2, 0) is 20.1 Å². The molecule has 2 heterocycles. The van der Waals surface area contributed by atoms with E-state index in [4.69, 9.17) is 4.18 Å². The molecular formula is C15H16N4O5S2. The lowest BCUT2D eigenvalue weighted by molar-refractivity contribution is 0.462. The van der Waals surface area contributed by atoms with E-state index in [1.165, 1.54) is 17.8 Å². The van der Waals surface area contributed by atoms with Gasteiger partial charge in [0.05, 0.1) is 35.6 Å². The topological polar surface area (TPSA) is 111 Å². The Balaban J connectivity index is 2.19. The summed E-state index contributed by atoms with van der Waals surface area (Å²) in [6.07, 6.45) is 3.42. The molecule has 0 unspecified atom stereocenters. The average molecular weight is 396 g/mol. The number of nitrogens with zero attached hydrogens (tertiary/aromatic N) is 4. The SMILES string of the molecule is CN(c1ccccc1-c1ccc2cnc(OS(C)(=O)=O)nn12)S(C)(=O)=O. The van der Waals surface area contributed by atoms with Gasteiger partial charge < -0.3 is 4.18 Å². The smallest absolute Gasteiger partial charge is 0.342 e. The summed E-state index contributed by atoms with van der Waals surface area (Å²) < 4.78 is 53.8. The summed E-state index contributed by atoms with van der Waals surface area (Å²) in [5.74, 6) is 0. The third kappa shape index (κ3) is 3.63. The van der Waals surface area contributed by atoms with Crippen LogP contribution in [-0.4, -0.2) is 51.0 Å². The van der Waals surface area contributed by atoms with Crippen molar-refractivity contribution >= 4 is 31.3 Å². The number of para-hydroxylation sites is 1. The van der Waals surface area contributed by atoms with Gasteiger partial charge in [0.25, 0.3) is 0 Å². The van der Waals surface area contributed by atoms with E-state index >= 15 is 0 Å². The van der Waals surface area contributed by atoms with Crippen molar-refractivity contribution < 1.29 is 21.0 Å². The van der Waals surface area contributed by atoms with E-state index in [-0.39, 0.29) is 6.01 Å². The van der Waals surface area contributed by atoms with Crippen molar-refractivity contribution in [1.82, 2.24) is 14.6 Å². The number of hydrogen-bond acceptors (Lipinski definition) is 7. The zero-order chi connectivity index (χ0) is 19.1. The highest BCUT2D eigenvalue weighted by Gasteiger charge is 2.19. The molecule has 3 rings (SSSR count). The van der Waals surface area contributed by atoms with Crippen molar-refractivity contribution in [2.75, 3.05) is 23.9 Å². The summed E-state index contributed by atoms with van der Waals surface area (Å²) >= 11 is 0. The van der Waals surface area contributed by atoms with Gasteiger partial charge in [0.1, 0.15) is 0 Å². The molecule has 0 saturated heterocycles. The summed E-state index contributed by atoms with van der Waals surface area (Å²) in [5.41, 5.74) is 2.22. The predicted octanol–water partition coefficient (Wildman–Crippen LogP) is 1.13. The maximum Gasteiger partial charge on any atom is 0.350 e. The van der Waals surface area contributed by atoms with Gasteiger partial charge in [-0.25, -0.2) is 12.9 Å². The van der Waals surface area contributed by atoms with E-state index in [2.05, 4.69) is 10.1 Å². The predicted molar refractivity (Wildman–Crippen MR) is 97.1 cm³/mol. The van der Waals surface area contributed by atoms with Crippen molar-refractivity contribution in [3.05, 3.63) is 42.6 Å². The first-order chi connectivity index (χ1) is 12.1. The number of sulfonamides is 1. The van der Waals surface area contributed by atoms with Crippen molar-refractivity contribution in [1.29, 1.82) is 0 Å². The average Bonchev–Trinajstić information content (AvgIpc) is 2.94. The molecule has 0 aliphatic rings. The van der Waals surface area contributed by atoms with E-state index in [1.54, 1.807) is 36.4 Å².